The van der Waals surface area contributed by atoms with Crippen molar-refractivity contribution in [2.45, 2.75) is 20.3 Å². The van der Waals surface area contributed by atoms with Crippen LogP contribution >= 0.6 is 0 Å². The molecule has 2 rings (SSSR count). The first-order valence-corrected chi connectivity index (χ1v) is 5.52. The number of H-pyrrole nitrogens is 1. The third-order valence-electron chi connectivity index (χ3n) is 2.41. The predicted molar refractivity (Wildman–Crippen MR) is 64.5 cm³/mol. The van der Waals surface area contributed by atoms with E-state index in [2.05, 4.69) is 10.2 Å². The molecule has 0 saturated heterocycles. The average Bonchev–Trinajstić information content (AvgIpc) is 2.74. The molecule has 0 spiro atoms. The van der Waals surface area contributed by atoms with Gasteiger partial charge in [-0.25, -0.2) is 0 Å². The van der Waals surface area contributed by atoms with E-state index >= 15 is 0 Å². The second-order valence-corrected chi connectivity index (χ2v) is 3.76. The molecule has 0 bridgehead atoms. The Balaban J connectivity index is 2.29. The summed E-state index contributed by atoms with van der Waals surface area (Å²) in [5.74, 6) is 1.08. The van der Waals surface area contributed by atoms with Crippen LogP contribution in [0.4, 0.5) is 0 Å². The van der Waals surface area contributed by atoms with Gasteiger partial charge in [-0.3, -0.25) is 9.89 Å². The fraction of sp³-hybridized carbons (Fsp3) is 0.231. The number of aryl methyl sites for hydroxylation is 1. The Morgan fingerprint density at radius 2 is 2.18 bits per heavy atom. The summed E-state index contributed by atoms with van der Waals surface area (Å²) in [6.07, 6.45) is 0.458. The van der Waals surface area contributed by atoms with E-state index in [9.17, 15) is 4.79 Å². The number of aromatic amines is 1. The fourth-order valence-corrected chi connectivity index (χ4v) is 1.53. The smallest absolute Gasteiger partial charge is 0.238 e. The average molecular weight is 230 g/mol. The lowest BCUT2D eigenvalue weighted by Crippen LogP contribution is -1.99. The maximum atomic E-state index is 11.7. The standard InChI is InChI=1S/C13H14N2O2/c1-3-11(16)10-6-4-5-7-12(10)17-13-8-9(2)14-15-13/h4-8H,3H2,1-2H3,(H,14,15). The summed E-state index contributed by atoms with van der Waals surface area (Å²) < 4.78 is 5.59. The van der Waals surface area contributed by atoms with E-state index in [1.807, 2.05) is 26.0 Å². The molecule has 0 saturated carbocycles. The van der Waals surface area contributed by atoms with Gasteiger partial charge in [0.1, 0.15) is 5.75 Å². The number of aromatic nitrogens is 2. The van der Waals surface area contributed by atoms with Gasteiger partial charge in [-0.1, -0.05) is 19.1 Å². The van der Waals surface area contributed by atoms with Crippen LogP contribution in [0.25, 0.3) is 0 Å². The molecular formula is C13H14N2O2. The number of nitrogens with one attached hydrogen (secondary N) is 1. The summed E-state index contributed by atoms with van der Waals surface area (Å²) in [4.78, 5) is 11.7. The molecule has 4 heteroatoms. The van der Waals surface area contributed by atoms with Gasteiger partial charge in [0.05, 0.1) is 5.56 Å². The van der Waals surface area contributed by atoms with E-state index in [1.165, 1.54) is 0 Å². The molecule has 0 aliphatic heterocycles. The van der Waals surface area contributed by atoms with Gasteiger partial charge in [0.15, 0.2) is 5.78 Å². The quantitative estimate of drug-likeness (QED) is 0.821. The first-order valence-electron chi connectivity index (χ1n) is 5.52. The number of nitrogens with zero attached hydrogens (tertiary/aromatic N) is 1. The van der Waals surface area contributed by atoms with Crippen molar-refractivity contribution in [3.05, 3.63) is 41.6 Å². The van der Waals surface area contributed by atoms with Gasteiger partial charge in [0.25, 0.3) is 0 Å². The third kappa shape index (κ3) is 2.53. The molecule has 0 unspecified atom stereocenters. The highest BCUT2D eigenvalue weighted by atomic mass is 16.5. The van der Waals surface area contributed by atoms with E-state index in [0.717, 1.165) is 5.69 Å². The SMILES string of the molecule is CCC(=O)c1ccccc1Oc1cc(C)[nH]n1. The lowest BCUT2D eigenvalue weighted by Gasteiger charge is -2.06. The van der Waals surface area contributed by atoms with Gasteiger partial charge in [0.2, 0.25) is 5.88 Å². The number of Topliss-reactive ketones (excluding diaryl/α,β-unsaturated/α-hetero) is 1. The van der Waals surface area contributed by atoms with Crippen molar-refractivity contribution in [3.8, 4) is 11.6 Å². The third-order valence-corrected chi connectivity index (χ3v) is 2.41. The lowest BCUT2D eigenvalue weighted by molar-refractivity contribution is 0.0986. The van der Waals surface area contributed by atoms with Crippen molar-refractivity contribution in [1.82, 2.24) is 10.2 Å². The molecule has 0 radical (unpaired) electrons. The number of hydrogen-bond acceptors (Lipinski definition) is 3. The van der Waals surface area contributed by atoms with Crippen LogP contribution in [-0.4, -0.2) is 16.0 Å². The molecule has 4 nitrogen and oxygen atoms in total. The molecule has 88 valence electrons. The zero-order valence-corrected chi connectivity index (χ0v) is 9.86. The summed E-state index contributed by atoms with van der Waals surface area (Å²) in [5, 5.41) is 6.77. The monoisotopic (exact) mass is 230 g/mol. The van der Waals surface area contributed by atoms with E-state index < -0.39 is 0 Å². The Hall–Kier alpha value is -2.10. The molecule has 17 heavy (non-hydrogen) atoms. The van der Waals surface area contributed by atoms with Crippen molar-refractivity contribution in [3.63, 3.8) is 0 Å². The summed E-state index contributed by atoms with van der Waals surface area (Å²) in [6.45, 7) is 3.72. The van der Waals surface area contributed by atoms with E-state index in [1.54, 1.807) is 18.2 Å². The van der Waals surface area contributed by atoms with Crippen LogP contribution in [0.2, 0.25) is 0 Å². The second kappa shape index (κ2) is 4.82. The number of ether oxygens (including phenoxy) is 1. The number of ketones is 1. The molecule has 0 amide bonds. The van der Waals surface area contributed by atoms with Crippen molar-refractivity contribution in [1.29, 1.82) is 0 Å². The van der Waals surface area contributed by atoms with Crippen LogP contribution in [0.15, 0.2) is 30.3 Å². The minimum Gasteiger partial charge on any atom is -0.437 e. The van der Waals surface area contributed by atoms with Crippen molar-refractivity contribution < 1.29 is 9.53 Å². The highest BCUT2D eigenvalue weighted by Gasteiger charge is 2.11. The van der Waals surface area contributed by atoms with Gasteiger partial charge in [-0.2, -0.15) is 0 Å². The Morgan fingerprint density at radius 3 is 2.82 bits per heavy atom. The predicted octanol–water partition coefficient (Wildman–Crippen LogP) is 3.10. The summed E-state index contributed by atoms with van der Waals surface area (Å²) in [5.41, 5.74) is 1.51. The first kappa shape index (κ1) is 11.4. The van der Waals surface area contributed by atoms with Crippen molar-refractivity contribution in [2.75, 3.05) is 0 Å². The van der Waals surface area contributed by atoms with Crippen molar-refractivity contribution >= 4 is 5.78 Å². The van der Waals surface area contributed by atoms with Crippen molar-refractivity contribution in [2.24, 2.45) is 0 Å². The Morgan fingerprint density at radius 1 is 1.41 bits per heavy atom. The van der Waals surface area contributed by atoms with E-state index in [0.29, 0.717) is 23.6 Å². The molecule has 1 heterocycles. The number of para-hydroxylation sites is 1. The number of hydrogen-bond donors (Lipinski definition) is 1. The first-order chi connectivity index (χ1) is 8.20. The minimum absolute atomic E-state index is 0.0628. The highest BCUT2D eigenvalue weighted by Crippen LogP contribution is 2.25. The Kier molecular flexibility index (Phi) is 3.23. The van der Waals surface area contributed by atoms with Gasteiger partial charge in [0, 0.05) is 18.2 Å². The Labute approximate surface area is 99.6 Å². The van der Waals surface area contributed by atoms with Crippen LogP contribution in [-0.2, 0) is 0 Å². The van der Waals surface area contributed by atoms with Gasteiger partial charge in [-0.05, 0) is 19.1 Å². The normalized spacial score (nSPS) is 10.2. The van der Waals surface area contributed by atoms with Gasteiger partial charge >= 0.3 is 0 Å². The fourth-order valence-electron chi connectivity index (χ4n) is 1.53. The van der Waals surface area contributed by atoms with Crippen LogP contribution in [0.5, 0.6) is 11.6 Å². The van der Waals surface area contributed by atoms with Gasteiger partial charge < -0.3 is 4.74 Å². The summed E-state index contributed by atoms with van der Waals surface area (Å²) in [6, 6.07) is 8.98. The number of benzene rings is 1. The van der Waals surface area contributed by atoms with E-state index in [4.69, 9.17) is 4.74 Å². The highest BCUT2D eigenvalue weighted by molar-refractivity contribution is 5.98. The summed E-state index contributed by atoms with van der Waals surface area (Å²) >= 11 is 0. The zero-order chi connectivity index (χ0) is 12.3. The summed E-state index contributed by atoms with van der Waals surface area (Å²) in [7, 11) is 0. The molecule has 0 aliphatic rings. The molecule has 1 N–H and O–H groups in total. The maximum Gasteiger partial charge on any atom is 0.238 e. The Bertz CT molecular complexity index is 532. The number of rotatable bonds is 4. The van der Waals surface area contributed by atoms with Crippen LogP contribution in [0.1, 0.15) is 29.4 Å². The maximum absolute atomic E-state index is 11.7. The second-order valence-electron chi connectivity index (χ2n) is 3.76. The molecule has 0 aliphatic carbocycles. The molecular weight excluding hydrogens is 216 g/mol. The minimum atomic E-state index is 0.0628. The topological polar surface area (TPSA) is 55.0 Å². The number of carbonyl (C=O) groups excluding carboxylic acids is 1. The molecule has 1 aromatic heterocycles. The lowest BCUT2D eigenvalue weighted by atomic mass is 10.1. The van der Waals surface area contributed by atoms with Gasteiger partial charge in [-0.15, -0.1) is 5.10 Å². The number of carbonyl (C=O) groups is 1. The zero-order valence-electron chi connectivity index (χ0n) is 9.86. The van der Waals surface area contributed by atoms with E-state index in [-0.39, 0.29) is 5.78 Å². The largest absolute Gasteiger partial charge is 0.437 e. The van der Waals surface area contributed by atoms with Crippen LogP contribution < -0.4 is 4.74 Å². The molecule has 2 aromatic rings. The molecule has 1 aromatic carbocycles. The van der Waals surface area contributed by atoms with Crippen LogP contribution in [0.3, 0.4) is 0 Å². The molecule has 0 atom stereocenters. The van der Waals surface area contributed by atoms with Crippen LogP contribution in [0, 0.1) is 6.92 Å². The molecule has 0 fully saturated rings.